The summed E-state index contributed by atoms with van der Waals surface area (Å²) in [6, 6.07) is 0. The Morgan fingerprint density at radius 3 is 0.968 bits per heavy atom. The summed E-state index contributed by atoms with van der Waals surface area (Å²) in [5.41, 5.74) is 30.1. The monoisotopic (exact) mass is 1310 g/mol. The molecule has 0 amide bonds. The van der Waals surface area contributed by atoms with E-state index in [0.717, 1.165) is 152 Å². The second kappa shape index (κ2) is 4.17. The summed E-state index contributed by atoms with van der Waals surface area (Å²) < 4.78 is 0. The molecule has 0 aromatic carbocycles. The van der Waals surface area contributed by atoms with Gasteiger partial charge in [-0.15, -0.1) is 0 Å². The molecule has 0 N–H and O–H groups in total. The van der Waals surface area contributed by atoms with Crippen molar-refractivity contribution >= 4 is 0 Å². The number of hydrogen-bond acceptors (Lipinski definition) is 0. The Kier molecular flexibility index (Phi) is 1.73. The van der Waals surface area contributed by atoms with Crippen LogP contribution in [-0.2, 0) is 63.2 Å². The zero-order chi connectivity index (χ0) is 34.0. The molecule has 0 radical (unpaired) electrons. The van der Waals surface area contributed by atoms with Crippen LogP contribution < -0.4 is 0 Å². The Hall–Kier alpha value is 2.06. The zero-order valence-corrected chi connectivity index (χ0v) is 44.1. The van der Waals surface area contributed by atoms with E-state index in [4.69, 9.17) is 0 Å². The van der Waals surface area contributed by atoms with Gasteiger partial charge in [-0.1, -0.05) is 20.3 Å². The average molecular weight is 1310 g/mol. The molecule has 40 rings (SSSR count). The topological polar surface area (TPSA) is 0 Å². The third kappa shape index (κ3) is 0.622. The van der Waals surface area contributed by atoms with Crippen molar-refractivity contribution in [3.8, 4) is 0 Å². The Labute approximate surface area is 405 Å². The van der Waals surface area contributed by atoms with E-state index in [2.05, 4.69) is 13.8 Å². The molecule has 40 aliphatic rings. The van der Waals surface area contributed by atoms with Gasteiger partial charge in [0.25, 0.3) is 0 Å². The van der Waals surface area contributed by atoms with Crippen molar-refractivity contribution in [1.29, 1.82) is 0 Å². The Balaban J connectivity index is 0.000000860. The van der Waals surface area contributed by atoms with E-state index < -0.39 is 0 Å². The number of fused-ring (bicyclic) bond motifs is 20. The van der Waals surface area contributed by atoms with E-state index in [1.165, 1.54) is 154 Å². The third-order valence-electron chi connectivity index (χ3n) is 49.9. The van der Waals surface area contributed by atoms with Gasteiger partial charge in [-0.3, -0.25) is 0 Å². The fourth-order valence-corrected chi connectivity index (χ4v) is 63.0. The van der Waals surface area contributed by atoms with Crippen molar-refractivity contribution in [2.45, 2.75) is 46.0 Å². The van der Waals surface area contributed by atoms with Crippen molar-refractivity contribution in [2.75, 3.05) is 0 Å². The second-order valence-electron chi connectivity index (χ2n) is 37.9. The van der Waals surface area contributed by atoms with Crippen molar-refractivity contribution in [3.63, 3.8) is 0 Å². The molecule has 40 saturated carbocycles. The van der Waals surface area contributed by atoms with Crippen molar-refractivity contribution in [1.82, 2.24) is 0 Å². The van der Waals surface area contributed by atoms with Crippen LogP contribution in [0.25, 0.3) is 0 Å². The molecule has 40 aliphatic carbocycles. The summed E-state index contributed by atoms with van der Waals surface area (Å²) in [6.45, 7) is 5.33. The minimum absolute atomic E-state index is 0. The van der Waals surface area contributed by atoms with Gasteiger partial charge < -0.3 is 0 Å². The van der Waals surface area contributed by atoms with E-state index in [1.807, 2.05) is 19.3 Å². The van der Waals surface area contributed by atoms with Gasteiger partial charge in [0.1, 0.15) is 0 Å². The third-order valence-corrected chi connectivity index (χ3v) is 49.9. The summed E-state index contributed by atoms with van der Waals surface area (Å²) >= 11 is 0. The molecule has 53 unspecified atom stereocenters. The molecule has 0 nitrogen and oxygen atoms in total. The maximum atomic E-state index is 2.74. The average Bonchev–Trinajstić information content (AvgIpc) is 3.11. The molecule has 0 bridgehead atoms. The summed E-state index contributed by atoms with van der Waals surface area (Å²) in [7, 11) is 0. The van der Waals surface area contributed by atoms with Gasteiger partial charge in [-0.05, 0) is 326 Å². The molecule has 0 aliphatic heterocycles. The second-order valence-corrected chi connectivity index (χ2v) is 37.9. The molecule has 0 aromatic heterocycles. The van der Waals surface area contributed by atoms with E-state index in [9.17, 15) is 0 Å². The predicted molar refractivity (Wildman–Crippen MR) is 191 cm³/mol. The fourth-order valence-electron chi connectivity index (χ4n) is 63.0. The van der Waals surface area contributed by atoms with Crippen molar-refractivity contribution < 1.29 is 63.2 Å². The minimum atomic E-state index is 0. The summed E-state index contributed by atoms with van der Waals surface area (Å²) in [4.78, 5) is 0. The molecule has 300 valence electrons. The molecule has 63 heavy (non-hydrogen) atoms. The van der Waals surface area contributed by atoms with Crippen LogP contribution in [0.4, 0.5) is 0 Å². The largest absolute Gasteiger partial charge is 0.0651 e. The molecule has 27 spiro atoms. The molecule has 53 atom stereocenters. The minimum Gasteiger partial charge on any atom is -0.0651 e. The van der Waals surface area contributed by atoms with Crippen LogP contribution in [0.3, 0.4) is 0 Å². The smallest absolute Gasteiger partial charge is 0 e. The van der Waals surface area contributed by atoms with Gasteiger partial charge in [0.05, 0.1) is 0 Å². The van der Waals surface area contributed by atoms with Gasteiger partial charge in [0.2, 0.25) is 0 Å². The van der Waals surface area contributed by atoms with Crippen molar-refractivity contribution in [3.05, 3.63) is 0 Å². The summed E-state index contributed by atoms with van der Waals surface area (Å²) in [5.74, 6) is 35.7. The zero-order valence-electron chi connectivity index (χ0n) is 35.3. The maximum Gasteiger partial charge on any atom is 0 e. The number of hydrogen-bond donors (Lipinski definition) is 0. The van der Waals surface area contributed by atoms with Crippen LogP contribution in [0.1, 0.15) is 46.0 Å². The first-order chi connectivity index (χ1) is 29.7. The molecule has 3 heteroatoms. The molecular weight excluding hydrogens is 1270 g/mol. The van der Waals surface area contributed by atoms with E-state index in [1.54, 1.807) is 6.42 Å². The van der Waals surface area contributed by atoms with Gasteiger partial charge in [0, 0.05) is 63.2 Å². The van der Waals surface area contributed by atoms with Gasteiger partial charge in [-0.2, -0.15) is 0 Å². The van der Waals surface area contributed by atoms with Gasteiger partial charge in [-0.25, -0.2) is 0 Å². The standard InChI is InChI=1S/C60H42.3W/c1-3-8(2)4-9-16-19-12-7-15-22-26-29-32-28-24-20-13-5-10-18-11-6-14-21-25-30-33-31-27-23-17(9)37(16)39(19)36(12,15)42(22)46(26)49(29)52(32)48(28)44(24)40(20)34(10,13)38(18)35(11,14)41(21)45(25)50(30)53(33)51(31)47(27)43(23,37)55(39,42)57(46,47)59(49,51)60(52,53)58(48,50)56(44,45)54(38,40)41;;;/h8-33H,3-7H2,1-2H3;;;. The van der Waals surface area contributed by atoms with Crippen LogP contribution in [0, 0.1) is 300 Å². The van der Waals surface area contributed by atoms with Crippen LogP contribution in [0.5, 0.6) is 0 Å². The Bertz CT molecular complexity index is 3910. The van der Waals surface area contributed by atoms with Crippen LogP contribution >= 0.6 is 0 Å². The molecule has 0 saturated heterocycles. The van der Waals surface area contributed by atoms with Crippen molar-refractivity contribution in [2.24, 2.45) is 300 Å². The first-order valence-corrected chi connectivity index (χ1v) is 29.7. The molecular formula is C60H42W3. The maximum absolute atomic E-state index is 2.74. The van der Waals surface area contributed by atoms with Gasteiger partial charge >= 0.3 is 0 Å². The predicted octanol–water partition coefficient (Wildman–Crippen LogP) is 6.17. The number of rotatable bonds is 3. The molecule has 40 fully saturated rings. The fraction of sp³-hybridized carbons (Fsp3) is 1.00. The van der Waals surface area contributed by atoms with Gasteiger partial charge in [0.15, 0.2) is 0 Å². The summed E-state index contributed by atoms with van der Waals surface area (Å²) in [6.07, 6.45) is 8.75. The summed E-state index contributed by atoms with van der Waals surface area (Å²) in [5, 5.41) is 0. The normalized spacial score (nSPS) is 128. The van der Waals surface area contributed by atoms with E-state index in [0.29, 0.717) is 0 Å². The Morgan fingerprint density at radius 1 is 0.302 bits per heavy atom. The quantitative estimate of drug-likeness (QED) is 0.318. The SMILES string of the molecule is CCC(C)CC1C2C3C4CC5C6C7C8C9C%10C%11C%12C%13CC%14C%15C%16CC%17C%18C%19C%20C%21C%22C%23C%24C1C21C32C45C63C74C85C96C%107C%118C%129C%14%13C%15%10C%16%17C%18%11C%19%12C%20%13C%21%14C%22%15C%23%16C%241C23C4%16C5%15C6%14C7%13C8%12C%109%11.[W].[W].[W]. The van der Waals surface area contributed by atoms with Crippen LogP contribution in [0.15, 0.2) is 0 Å². The first kappa shape index (κ1) is 26.1. The van der Waals surface area contributed by atoms with E-state index in [-0.39, 0.29) is 63.2 Å². The van der Waals surface area contributed by atoms with E-state index >= 15 is 0 Å². The Morgan fingerprint density at radius 2 is 0.571 bits per heavy atom. The molecule has 0 heterocycles. The van der Waals surface area contributed by atoms with Crippen LogP contribution in [0.2, 0.25) is 0 Å². The molecule has 0 aromatic rings. The first-order valence-electron chi connectivity index (χ1n) is 29.7. The van der Waals surface area contributed by atoms with Crippen LogP contribution in [-0.4, -0.2) is 0 Å².